The second-order valence-corrected chi connectivity index (χ2v) is 10.8. The Morgan fingerprint density at radius 1 is 1.00 bits per heavy atom. The van der Waals surface area contributed by atoms with Gasteiger partial charge in [0.1, 0.15) is 23.6 Å². The lowest BCUT2D eigenvalue weighted by atomic mass is 9.96. The summed E-state index contributed by atoms with van der Waals surface area (Å²) in [5.41, 5.74) is -0.528. The SMILES string of the molecule is C[C@@H]1CN(c2sc(C(F)(F)F)nc2-c2cnc(C(F)(F)F)nc2)CCN1C(=O)Cn1cnc(C(C)(C)C)n1. The van der Waals surface area contributed by atoms with Crippen LogP contribution >= 0.6 is 11.3 Å². The third kappa shape index (κ3) is 5.89. The highest BCUT2D eigenvalue weighted by molar-refractivity contribution is 7.16. The number of carbonyl (C=O) groups excluding carboxylic acids is 1. The molecule has 1 fully saturated rings. The molecular weight excluding hydrogens is 538 g/mol. The van der Waals surface area contributed by atoms with Crippen molar-refractivity contribution < 1.29 is 31.1 Å². The Labute approximate surface area is 217 Å². The first kappa shape index (κ1) is 27.7. The lowest BCUT2D eigenvalue weighted by molar-refractivity contribution is -0.145. The molecule has 1 aliphatic heterocycles. The van der Waals surface area contributed by atoms with Crippen LogP contribution in [0.4, 0.5) is 31.3 Å². The summed E-state index contributed by atoms with van der Waals surface area (Å²) in [4.78, 5) is 30.6. The maximum atomic E-state index is 13.5. The van der Waals surface area contributed by atoms with Crippen LogP contribution in [0.15, 0.2) is 18.7 Å². The standard InChI is InChI=1S/C22H24F6N8OS/c1-12-9-34(5-6-36(12)14(37)10-35-11-31-17(33-35)20(2,3)4)16-15(32-19(38-16)22(26,27)28)13-7-29-18(30-8-13)21(23,24)25/h7-8,11-12H,5-6,9-10H2,1-4H3/t12-/m1/s1. The van der Waals surface area contributed by atoms with E-state index in [2.05, 4.69) is 25.0 Å². The molecule has 1 amide bonds. The molecule has 1 aliphatic rings. The van der Waals surface area contributed by atoms with Gasteiger partial charge in [-0.25, -0.2) is 24.6 Å². The smallest absolute Gasteiger partial charge is 0.358 e. The molecule has 0 saturated carbocycles. The summed E-state index contributed by atoms with van der Waals surface area (Å²) in [6.45, 7) is 8.15. The van der Waals surface area contributed by atoms with Crippen LogP contribution in [0.2, 0.25) is 0 Å². The molecule has 38 heavy (non-hydrogen) atoms. The van der Waals surface area contributed by atoms with Gasteiger partial charge < -0.3 is 9.80 Å². The predicted molar refractivity (Wildman–Crippen MR) is 125 cm³/mol. The van der Waals surface area contributed by atoms with Crippen molar-refractivity contribution in [2.45, 2.75) is 58.0 Å². The van der Waals surface area contributed by atoms with E-state index in [1.54, 1.807) is 16.7 Å². The molecule has 1 saturated heterocycles. The van der Waals surface area contributed by atoms with Crippen LogP contribution in [-0.2, 0) is 29.1 Å². The zero-order valence-electron chi connectivity index (χ0n) is 20.8. The van der Waals surface area contributed by atoms with Gasteiger partial charge >= 0.3 is 12.4 Å². The molecule has 16 heteroatoms. The molecule has 0 bridgehead atoms. The van der Waals surface area contributed by atoms with Crippen molar-refractivity contribution >= 4 is 22.2 Å². The summed E-state index contributed by atoms with van der Waals surface area (Å²) in [5, 5.41) is 3.32. The van der Waals surface area contributed by atoms with Crippen molar-refractivity contribution in [1.82, 2.24) is 34.6 Å². The zero-order valence-corrected chi connectivity index (χ0v) is 21.6. The number of rotatable bonds is 4. The summed E-state index contributed by atoms with van der Waals surface area (Å²) in [6.07, 6.45) is -6.45. The van der Waals surface area contributed by atoms with Crippen LogP contribution in [0.3, 0.4) is 0 Å². The van der Waals surface area contributed by atoms with Gasteiger partial charge in [0.15, 0.2) is 5.82 Å². The Kier molecular flexibility index (Phi) is 7.14. The van der Waals surface area contributed by atoms with Crippen LogP contribution < -0.4 is 4.90 Å². The van der Waals surface area contributed by atoms with Gasteiger partial charge in [-0.05, 0) is 6.92 Å². The minimum Gasteiger partial charge on any atom is -0.358 e. The first-order valence-electron chi connectivity index (χ1n) is 11.5. The number of nitrogens with zero attached hydrogens (tertiary/aromatic N) is 8. The number of alkyl halides is 6. The van der Waals surface area contributed by atoms with E-state index in [1.165, 1.54) is 11.0 Å². The molecule has 4 heterocycles. The average molecular weight is 563 g/mol. The molecule has 0 N–H and O–H groups in total. The minimum atomic E-state index is -4.79. The number of thiazole rings is 1. The van der Waals surface area contributed by atoms with Crippen molar-refractivity contribution in [3.8, 4) is 11.3 Å². The number of halogens is 6. The van der Waals surface area contributed by atoms with Crippen LogP contribution in [0.5, 0.6) is 0 Å². The van der Waals surface area contributed by atoms with Crippen molar-refractivity contribution in [2.24, 2.45) is 0 Å². The minimum absolute atomic E-state index is 0.0413. The highest BCUT2D eigenvalue weighted by Gasteiger charge is 2.39. The third-order valence-corrected chi connectivity index (χ3v) is 6.93. The van der Waals surface area contributed by atoms with E-state index in [9.17, 15) is 31.1 Å². The molecule has 9 nitrogen and oxygen atoms in total. The van der Waals surface area contributed by atoms with Crippen molar-refractivity contribution in [1.29, 1.82) is 0 Å². The van der Waals surface area contributed by atoms with Gasteiger partial charge in [-0.15, -0.1) is 0 Å². The van der Waals surface area contributed by atoms with Gasteiger partial charge in [0.05, 0.1) is 0 Å². The second kappa shape index (κ2) is 9.78. The van der Waals surface area contributed by atoms with Crippen molar-refractivity contribution in [2.75, 3.05) is 24.5 Å². The number of piperazine rings is 1. The molecule has 206 valence electrons. The number of aromatic nitrogens is 6. The van der Waals surface area contributed by atoms with Gasteiger partial charge in [-0.2, -0.15) is 31.4 Å². The van der Waals surface area contributed by atoms with Crippen molar-refractivity contribution in [3.05, 3.63) is 35.4 Å². The fourth-order valence-electron chi connectivity index (χ4n) is 3.89. The van der Waals surface area contributed by atoms with E-state index in [1.807, 2.05) is 20.8 Å². The number of carbonyl (C=O) groups is 1. The summed E-state index contributed by atoms with van der Waals surface area (Å²) in [5.74, 6) is -1.04. The second-order valence-electron chi connectivity index (χ2n) is 9.86. The third-order valence-electron chi connectivity index (χ3n) is 5.77. The maximum absolute atomic E-state index is 13.5. The fourth-order valence-corrected chi connectivity index (χ4v) is 4.88. The molecule has 0 spiro atoms. The highest BCUT2D eigenvalue weighted by Crippen LogP contribution is 2.43. The molecule has 3 aromatic heterocycles. The van der Waals surface area contributed by atoms with E-state index < -0.39 is 23.2 Å². The lowest BCUT2D eigenvalue weighted by Gasteiger charge is -2.40. The molecule has 0 unspecified atom stereocenters. The maximum Gasteiger partial charge on any atom is 0.451 e. The van der Waals surface area contributed by atoms with Gasteiger partial charge in [-0.1, -0.05) is 32.1 Å². The Bertz CT molecular complexity index is 1290. The number of amides is 1. The molecule has 1 atom stereocenters. The van der Waals surface area contributed by atoms with E-state index in [-0.39, 0.29) is 59.8 Å². The molecule has 0 radical (unpaired) electrons. The molecule has 0 aliphatic carbocycles. The van der Waals surface area contributed by atoms with E-state index in [0.717, 1.165) is 12.4 Å². The Morgan fingerprint density at radius 3 is 2.18 bits per heavy atom. The van der Waals surface area contributed by atoms with Crippen LogP contribution in [0.25, 0.3) is 11.3 Å². The highest BCUT2D eigenvalue weighted by atomic mass is 32.1. The van der Waals surface area contributed by atoms with Gasteiger partial charge in [0.2, 0.25) is 16.7 Å². The monoisotopic (exact) mass is 562 g/mol. The fraction of sp³-hybridized carbons (Fsp3) is 0.545. The Balaban J connectivity index is 1.54. The summed E-state index contributed by atoms with van der Waals surface area (Å²) >= 11 is 0.383. The Hall–Kier alpha value is -3.30. The number of hydrogen-bond donors (Lipinski definition) is 0. The lowest BCUT2D eigenvalue weighted by Crippen LogP contribution is -2.54. The predicted octanol–water partition coefficient (Wildman–Crippen LogP) is 4.26. The summed E-state index contributed by atoms with van der Waals surface area (Å²) < 4.78 is 80.5. The number of anilines is 1. The van der Waals surface area contributed by atoms with E-state index in [4.69, 9.17) is 0 Å². The normalized spacial score (nSPS) is 17.3. The first-order chi connectivity index (χ1) is 17.5. The summed E-state index contributed by atoms with van der Waals surface area (Å²) in [7, 11) is 0. The van der Waals surface area contributed by atoms with Crippen LogP contribution in [0, 0.1) is 0 Å². The average Bonchev–Trinajstić information content (AvgIpc) is 3.46. The van der Waals surface area contributed by atoms with Crippen molar-refractivity contribution in [3.63, 3.8) is 0 Å². The van der Waals surface area contributed by atoms with Crippen LogP contribution in [-0.4, -0.2) is 66.2 Å². The molecule has 0 aromatic carbocycles. The van der Waals surface area contributed by atoms with Gasteiger partial charge in [-0.3, -0.25) is 4.79 Å². The van der Waals surface area contributed by atoms with E-state index >= 15 is 0 Å². The van der Waals surface area contributed by atoms with E-state index in [0.29, 0.717) is 17.2 Å². The number of hydrogen-bond acceptors (Lipinski definition) is 8. The van der Waals surface area contributed by atoms with Crippen LogP contribution in [0.1, 0.15) is 44.4 Å². The van der Waals surface area contributed by atoms with Gasteiger partial charge in [0, 0.05) is 49.0 Å². The molecule has 3 aromatic rings. The quantitative estimate of drug-likeness (QED) is 0.439. The Morgan fingerprint density at radius 2 is 1.66 bits per heavy atom. The van der Waals surface area contributed by atoms with Gasteiger partial charge in [0.25, 0.3) is 0 Å². The molecule has 4 rings (SSSR count). The zero-order chi connectivity index (χ0) is 28.0. The summed E-state index contributed by atoms with van der Waals surface area (Å²) in [6, 6.07) is -0.380. The first-order valence-corrected chi connectivity index (χ1v) is 12.3. The largest absolute Gasteiger partial charge is 0.451 e. The topological polar surface area (TPSA) is 92.9 Å². The molecular formula is C22H24F6N8OS.